The molecule has 17 heavy (non-hydrogen) atoms. The third-order valence-corrected chi connectivity index (χ3v) is 5.11. The quantitative estimate of drug-likeness (QED) is 0.813. The normalized spacial score (nSPS) is 40.1. The van der Waals surface area contributed by atoms with Crippen LogP contribution in [0.2, 0.25) is 0 Å². The minimum atomic E-state index is 0.713. The van der Waals surface area contributed by atoms with Gasteiger partial charge in [-0.25, -0.2) is 0 Å². The lowest BCUT2D eigenvalue weighted by Crippen LogP contribution is -2.47. The van der Waals surface area contributed by atoms with E-state index in [2.05, 4.69) is 37.9 Å². The van der Waals surface area contributed by atoms with E-state index >= 15 is 0 Å². The number of nitrogens with one attached hydrogen (secondary N) is 1. The van der Waals surface area contributed by atoms with Gasteiger partial charge in [0.2, 0.25) is 0 Å². The van der Waals surface area contributed by atoms with E-state index in [0.717, 1.165) is 23.9 Å². The lowest BCUT2D eigenvalue weighted by molar-refractivity contribution is 0.189. The molecule has 2 nitrogen and oxygen atoms in total. The average Bonchev–Trinajstić information content (AvgIpc) is 2.73. The van der Waals surface area contributed by atoms with Crippen molar-refractivity contribution in [2.24, 2.45) is 11.8 Å². The number of rotatable bonds is 3. The van der Waals surface area contributed by atoms with Gasteiger partial charge in [0.15, 0.2) is 0 Å². The summed E-state index contributed by atoms with van der Waals surface area (Å²) in [6.07, 6.45) is 5.59. The smallest absolute Gasteiger partial charge is 0.0210 e. The van der Waals surface area contributed by atoms with Gasteiger partial charge >= 0.3 is 0 Å². The van der Waals surface area contributed by atoms with Gasteiger partial charge in [0.25, 0.3) is 0 Å². The molecule has 1 heterocycles. The fourth-order valence-electron chi connectivity index (χ4n) is 3.51. The molecule has 1 saturated heterocycles. The Labute approximate surface area is 107 Å². The van der Waals surface area contributed by atoms with Crippen molar-refractivity contribution in [3.8, 4) is 0 Å². The maximum absolute atomic E-state index is 3.94. The monoisotopic (exact) mass is 238 g/mol. The summed E-state index contributed by atoms with van der Waals surface area (Å²) in [5.41, 5.74) is 0. The Bertz CT molecular complexity index is 239. The number of nitrogens with zero attached hydrogens (tertiary/aromatic N) is 1. The van der Waals surface area contributed by atoms with Crippen LogP contribution in [-0.2, 0) is 0 Å². The second-order valence-corrected chi connectivity index (χ2v) is 6.61. The van der Waals surface area contributed by atoms with Crippen molar-refractivity contribution in [2.45, 2.75) is 71.5 Å². The van der Waals surface area contributed by atoms with Crippen molar-refractivity contribution in [3.63, 3.8) is 0 Å². The summed E-state index contributed by atoms with van der Waals surface area (Å²) in [5, 5.41) is 3.94. The summed E-state index contributed by atoms with van der Waals surface area (Å²) in [6.45, 7) is 12.0. The van der Waals surface area contributed by atoms with Gasteiger partial charge in [-0.3, -0.25) is 4.90 Å². The first-order chi connectivity index (χ1) is 8.08. The second kappa shape index (κ2) is 5.71. The highest BCUT2D eigenvalue weighted by atomic mass is 15.2. The highest BCUT2D eigenvalue weighted by Crippen LogP contribution is 2.30. The first-order valence-electron chi connectivity index (χ1n) is 7.58. The molecule has 1 aliphatic carbocycles. The van der Waals surface area contributed by atoms with Crippen molar-refractivity contribution < 1.29 is 0 Å². The van der Waals surface area contributed by atoms with E-state index in [0.29, 0.717) is 6.04 Å². The van der Waals surface area contributed by atoms with Crippen molar-refractivity contribution >= 4 is 0 Å². The van der Waals surface area contributed by atoms with E-state index in [-0.39, 0.29) is 0 Å². The van der Waals surface area contributed by atoms with Crippen molar-refractivity contribution in [3.05, 3.63) is 0 Å². The zero-order valence-corrected chi connectivity index (χ0v) is 12.1. The first-order valence-corrected chi connectivity index (χ1v) is 7.58. The molecular weight excluding hydrogens is 208 g/mol. The average molecular weight is 238 g/mol. The van der Waals surface area contributed by atoms with Crippen LogP contribution in [0, 0.1) is 11.8 Å². The maximum atomic E-state index is 3.94. The van der Waals surface area contributed by atoms with Crippen LogP contribution in [-0.4, -0.2) is 36.1 Å². The highest BCUT2D eigenvalue weighted by molar-refractivity contribution is 4.89. The zero-order valence-electron chi connectivity index (χ0n) is 12.1. The first kappa shape index (κ1) is 13.4. The molecule has 4 atom stereocenters. The minimum absolute atomic E-state index is 0.713. The molecule has 0 aromatic carbocycles. The van der Waals surface area contributed by atoms with Crippen LogP contribution in [0.1, 0.15) is 53.4 Å². The van der Waals surface area contributed by atoms with Crippen molar-refractivity contribution in [1.29, 1.82) is 0 Å². The minimum Gasteiger partial charge on any atom is -0.310 e. The number of hydrogen-bond acceptors (Lipinski definition) is 2. The highest BCUT2D eigenvalue weighted by Gasteiger charge is 2.31. The largest absolute Gasteiger partial charge is 0.310 e. The molecule has 0 amide bonds. The molecular formula is C15H30N2. The second-order valence-electron chi connectivity index (χ2n) is 6.61. The summed E-state index contributed by atoms with van der Waals surface area (Å²) >= 11 is 0. The van der Waals surface area contributed by atoms with E-state index in [1.54, 1.807) is 0 Å². The third-order valence-electron chi connectivity index (χ3n) is 5.11. The summed E-state index contributed by atoms with van der Waals surface area (Å²) in [6, 6.07) is 2.23. The molecule has 0 aromatic rings. The summed E-state index contributed by atoms with van der Waals surface area (Å²) < 4.78 is 0. The van der Waals surface area contributed by atoms with Gasteiger partial charge in [0.1, 0.15) is 0 Å². The predicted octanol–water partition coefficient (Wildman–Crippen LogP) is 2.88. The molecule has 0 bridgehead atoms. The summed E-state index contributed by atoms with van der Waals surface area (Å²) in [5.74, 6) is 1.76. The zero-order chi connectivity index (χ0) is 12.4. The van der Waals surface area contributed by atoms with Gasteiger partial charge in [-0.2, -0.15) is 0 Å². The van der Waals surface area contributed by atoms with E-state index in [1.807, 2.05) is 0 Å². The summed E-state index contributed by atoms with van der Waals surface area (Å²) in [7, 11) is 0. The molecule has 0 spiro atoms. The molecule has 1 N–H and O–H groups in total. The lowest BCUT2D eigenvalue weighted by Gasteiger charge is -2.36. The van der Waals surface area contributed by atoms with Crippen LogP contribution in [0.4, 0.5) is 0 Å². The Morgan fingerprint density at radius 1 is 1.12 bits per heavy atom. The Kier molecular flexibility index (Phi) is 4.48. The van der Waals surface area contributed by atoms with E-state index in [1.165, 1.54) is 38.8 Å². The summed E-state index contributed by atoms with van der Waals surface area (Å²) in [4.78, 5) is 2.61. The van der Waals surface area contributed by atoms with E-state index < -0.39 is 0 Å². The van der Waals surface area contributed by atoms with E-state index in [4.69, 9.17) is 0 Å². The van der Waals surface area contributed by atoms with Crippen molar-refractivity contribution in [2.75, 3.05) is 13.1 Å². The fourth-order valence-corrected chi connectivity index (χ4v) is 3.51. The Morgan fingerprint density at radius 3 is 2.53 bits per heavy atom. The van der Waals surface area contributed by atoms with Crippen LogP contribution in [0.3, 0.4) is 0 Å². The Hall–Kier alpha value is -0.0800. The van der Waals surface area contributed by atoms with Crippen LogP contribution < -0.4 is 5.32 Å². The van der Waals surface area contributed by atoms with Crippen molar-refractivity contribution in [1.82, 2.24) is 10.2 Å². The fraction of sp³-hybridized carbons (Fsp3) is 1.00. The van der Waals surface area contributed by atoms with Gasteiger partial charge in [0, 0.05) is 24.7 Å². The van der Waals surface area contributed by atoms with Crippen LogP contribution in [0.5, 0.6) is 0 Å². The molecule has 2 aliphatic rings. The van der Waals surface area contributed by atoms with Gasteiger partial charge in [0.05, 0.1) is 0 Å². The topological polar surface area (TPSA) is 15.3 Å². The lowest BCUT2D eigenvalue weighted by atomic mass is 9.78. The van der Waals surface area contributed by atoms with Gasteiger partial charge in [-0.15, -0.1) is 0 Å². The Balaban J connectivity index is 1.81. The standard InChI is InChI=1S/C15H30N2/c1-11(2)17-9-8-14(10-17)16-15-7-5-6-12(3)13(15)4/h11-16H,5-10H2,1-4H3. The number of likely N-dealkylation sites (tertiary alicyclic amines) is 1. The molecule has 2 rings (SSSR count). The Morgan fingerprint density at radius 2 is 1.88 bits per heavy atom. The SMILES string of the molecule is CC1CCCC(NC2CCN(C(C)C)C2)C1C. The molecule has 2 fully saturated rings. The molecule has 0 aromatic heterocycles. The van der Waals surface area contributed by atoms with Gasteiger partial charge in [-0.1, -0.05) is 26.7 Å². The van der Waals surface area contributed by atoms with Gasteiger partial charge in [-0.05, 0) is 45.1 Å². The molecule has 4 unspecified atom stereocenters. The predicted molar refractivity (Wildman–Crippen MR) is 74.2 cm³/mol. The molecule has 0 radical (unpaired) electrons. The van der Waals surface area contributed by atoms with E-state index in [9.17, 15) is 0 Å². The molecule has 100 valence electrons. The molecule has 1 saturated carbocycles. The van der Waals surface area contributed by atoms with Crippen LogP contribution >= 0.6 is 0 Å². The third kappa shape index (κ3) is 3.23. The van der Waals surface area contributed by atoms with Crippen LogP contribution in [0.15, 0.2) is 0 Å². The maximum Gasteiger partial charge on any atom is 0.0210 e. The molecule has 1 aliphatic heterocycles. The van der Waals surface area contributed by atoms with Gasteiger partial charge < -0.3 is 5.32 Å². The molecule has 2 heteroatoms. The van der Waals surface area contributed by atoms with Crippen LogP contribution in [0.25, 0.3) is 0 Å². The number of hydrogen-bond donors (Lipinski definition) is 1.